The van der Waals surface area contributed by atoms with E-state index in [9.17, 15) is 35.9 Å². The molecule has 0 bridgehead atoms. The van der Waals surface area contributed by atoms with Crippen LogP contribution in [-0.2, 0) is 25.7 Å². The summed E-state index contributed by atoms with van der Waals surface area (Å²) < 4.78 is 90.6. The Morgan fingerprint density at radius 3 is 1.80 bits per heavy atom. The van der Waals surface area contributed by atoms with Crippen LogP contribution < -0.4 is 0 Å². The second-order valence-electron chi connectivity index (χ2n) is 7.70. The van der Waals surface area contributed by atoms with Crippen LogP contribution in [0.1, 0.15) is 18.4 Å². The average molecular weight is 526 g/mol. The topological polar surface area (TPSA) is 55.8 Å². The molecule has 0 spiro atoms. The number of halogens is 7. The van der Waals surface area contributed by atoms with Crippen LogP contribution in [0.2, 0.25) is 5.02 Å². The number of alkyl halides is 6. The Kier molecular flexibility index (Phi) is 9.18. The monoisotopic (exact) mass is 525 g/mol. The summed E-state index contributed by atoms with van der Waals surface area (Å²) in [6, 6.07) is 12.1. The van der Waals surface area contributed by atoms with Gasteiger partial charge < -0.3 is 14.4 Å². The highest BCUT2D eigenvalue weighted by Gasteiger charge is 2.78. The van der Waals surface area contributed by atoms with E-state index in [4.69, 9.17) is 11.6 Å². The molecule has 0 aliphatic carbocycles. The highest BCUT2D eigenvalue weighted by atomic mass is 35.5. The molecule has 5 nitrogen and oxygen atoms in total. The van der Waals surface area contributed by atoms with Gasteiger partial charge in [0.1, 0.15) is 0 Å². The van der Waals surface area contributed by atoms with Crippen molar-refractivity contribution in [2.75, 3.05) is 20.7 Å². The fraction of sp³-hybridized carbons (Fsp3) is 0.391. The van der Waals surface area contributed by atoms with Crippen molar-refractivity contribution in [2.24, 2.45) is 0 Å². The van der Waals surface area contributed by atoms with Gasteiger partial charge in [0.05, 0.1) is 13.2 Å². The summed E-state index contributed by atoms with van der Waals surface area (Å²) in [5, 5.41) is 0.491. The summed E-state index contributed by atoms with van der Waals surface area (Å²) >= 11 is 5.82. The second-order valence-corrected chi connectivity index (χ2v) is 8.13. The van der Waals surface area contributed by atoms with E-state index in [1.165, 1.54) is 43.3 Å². The fourth-order valence-corrected chi connectivity index (χ4v) is 3.08. The van der Waals surface area contributed by atoms with Crippen LogP contribution in [0.3, 0.4) is 0 Å². The Morgan fingerprint density at radius 1 is 0.857 bits per heavy atom. The molecular weight excluding hydrogens is 504 g/mol. The van der Waals surface area contributed by atoms with Crippen molar-refractivity contribution in [3.8, 4) is 11.1 Å². The van der Waals surface area contributed by atoms with Gasteiger partial charge in [-0.2, -0.15) is 26.3 Å². The molecule has 2 aromatic carbocycles. The first-order valence-corrected chi connectivity index (χ1v) is 10.6. The normalized spacial score (nSPS) is 12.4. The van der Waals surface area contributed by atoms with Crippen LogP contribution in [0.15, 0.2) is 48.5 Å². The first-order chi connectivity index (χ1) is 16.2. The average Bonchev–Trinajstić information content (AvgIpc) is 2.76. The molecule has 12 heteroatoms. The molecule has 0 saturated carbocycles. The lowest BCUT2D eigenvalue weighted by atomic mass is 10.0. The molecule has 0 radical (unpaired) electrons. The number of hydrogen-bond donors (Lipinski definition) is 0. The van der Waals surface area contributed by atoms with E-state index in [0.29, 0.717) is 10.6 Å². The van der Waals surface area contributed by atoms with E-state index < -0.39 is 43.0 Å². The van der Waals surface area contributed by atoms with Crippen molar-refractivity contribution in [3.05, 3.63) is 59.1 Å². The van der Waals surface area contributed by atoms with Gasteiger partial charge in [-0.25, -0.2) is 4.79 Å². The third-order valence-electron chi connectivity index (χ3n) is 4.94. The number of rotatable bonds is 9. The molecule has 35 heavy (non-hydrogen) atoms. The zero-order chi connectivity index (χ0) is 26.4. The van der Waals surface area contributed by atoms with E-state index >= 15 is 0 Å². The fourth-order valence-electron chi connectivity index (χ4n) is 2.96. The molecule has 0 heterocycles. The van der Waals surface area contributed by atoms with Crippen molar-refractivity contribution < 1.29 is 45.4 Å². The number of ether oxygens (including phenoxy) is 2. The van der Waals surface area contributed by atoms with Gasteiger partial charge in [0.25, 0.3) is 0 Å². The SMILES string of the molecule is CN(C)C(=O)CCCOC(=O)C(OCc1ccc(-c2ccc(Cl)cc2)cc1)(C(F)(F)F)C(F)(F)F. The van der Waals surface area contributed by atoms with Crippen molar-refractivity contribution >= 4 is 23.5 Å². The number of amides is 1. The van der Waals surface area contributed by atoms with Gasteiger partial charge in [0, 0.05) is 25.5 Å². The first-order valence-electron chi connectivity index (χ1n) is 10.2. The summed E-state index contributed by atoms with van der Waals surface area (Å²) in [4.78, 5) is 24.8. The molecule has 192 valence electrons. The number of nitrogens with zero attached hydrogens (tertiary/aromatic N) is 1. The predicted molar refractivity (Wildman–Crippen MR) is 115 cm³/mol. The standard InChI is InChI=1S/C23H22ClF6NO4/c1-31(2)19(32)4-3-13-34-20(33)21(22(25,26)27,23(28,29)30)35-14-15-5-7-16(8-6-15)17-9-11-18(24)12-10-17/h5-12H,3-4,13-14H2,1-2H3. The molecule has 0 N–H and O–H groups in total. The molecule has 0 atom stereocenters. The minimum Gasteiger partial charge on any atom is -0.463 e. The molecule has 0 fully saturated rings. The molecule has 0 saturated heterocycles. The van der Waals surface area contributed by atoms with E-state index in [-0.39, 0.29) is 18.4 Å². The third kappa shape index (κ3) is 6.88. The largest absolute Gasteiger partial charge is 0.463 e. The van der Waals surface area contributed by atoms with E-state index in [1.807, 2.05) is 0 Å². The van der Waals surface area contributed by atoms with Crippen LogP contribution >= 0.6 is 11.6 Å². The summed E-state index contributed by atoms with van der Waals surface area (Å²) in [5.74, 6) is -3.08. The number of carbonyl (C=O) groups is 2. The summed E-state index contributed by atoms with van der Waals surface area (Å²) in [6.45, 7) is -2.00. The molecule has 0 aliphatic rings. The molecule has 1 amide bonds. The zero-order valence-electron chi connectivity index (χ0n) is 18.7. The van der Waals surface area contributed by atoms with Crippen LogP contribution in [-0.4, -0.2) is 55.4 Å². The van der Waals surface area contributed by atoms with Gasteiger partial charge in [0.15, 0.2) is 0 Å². The van der Waals surface area contributed by atoms with Crippen molar-refractivity contribution in [3.63, 3.8) is 0 Å². The minimum absolute atomic E-state index is 0.0371. The minimum atomic E-state index is -6.16. The Balaban J connectivity index is 2.19. The van der Waals surface area contributed by atoms with Gasteiger partial charge >= 0.3 is 23.9 Å². The van der Waals surface area contributed by atoms with E-state index in [2.05, 4.69) is 9.47 Å². The van der Waals surface area contributed by atoms with Gasteiger partial charge in [-0.1, -0.05) is 48.0 Å². The molecule has 0 aromatic heterocycles. The van der Waals surface area contributed by atoms with Crippen molar-refractivity contribution in [2.45, 2.75) is 37.4 Å². The molecular formula is C23H22ClF6NO4. The molecule has 0 aliphatic heterocycles. The Bertz CT molecular complexity index is 991. The molecule has 0 unspecified atom stereocenters. The van der Waals surface area contributed by atoms with Crippen LogP contribution in [0.4, 0.5) is 26.3 Å². The number of carbonyl (C=O) groups excluding carboxylic acids is 2. The summed E-state index contributed by atoms with van der Waals surface area (Å²) in [5.41, 5.74) is -3.88. The molecule has 2 aromatic rings. The van der Waals surface area contributed by atoms with E-state index in [0.717, 1.165) is 5.56 Å². The van der Waals surface area contributed by atoms with Crippen LogP contribution in [0.25, 0.3) is 11.1 Å². The predicted octanol–water partition coefficient (Wildman–Crippen LogP) is 5.80. The zero-order valence-corrected chi connectivity index (χ0v) is 19.4. The summed E-state index contributed by atoms with van der Waals surface area (Å²) in [7, 11) is 2.84. The Morgan fingerprint density at radius 2 is 1.34 bits per heavy atom. The lowest BCUT2D eigenvalue weighted by molar-refractivity contribution is -0.372. The van der Waals surface area contributed by atoms with Gasteiger partial charge in [0.2, 0.25) is 5.91 Å². The number of esters is 1. The maximum absolute atomic E-state index is 13.7. The Hall–Kier alpha value is -2.79. The van der Waals surface area contributed by atoms with Gasteiger partial charge in [-0.3, -0.25) is 4.79 Å². The smallest absolute Gasteiger partial charge is 0.437 e. The van der Waals surface area contributed by atoms with Crippen molar-refractivity contribution in [1.29, 1.82) is 0 Å². The van der Waals surface area contributed by atoms with E-state index in [1.54, 1.807) is 24.3 Å². The van der Waals surface area contributed by atoms with Crippen LogP contribution in [0.5, 0.6) is 0 Å². The van der Waals surface area contributed by atoms with Crippen molar-refractivity contribution in [1.82, 2.24) is 4.90 Å². The highest BCUT2D eigenvalue weighted by Crippen LogP contribution is 2.47. The quantitative estimate of drug-likeness (QED) is 0.236. The number of benzene rings is 2. The van der Waals surface area contributed by atoms with Gasteiger partial charge in [-0.05, 0) is 35.2 Å². The maximum Gasteiger partial charge on any atom is 0.437 e. The summed E-state index contributed by atoms with van der Waals surface area (Å²) in [6.07, 6.45) is -12.8. The van der Waals surface area contributed by atoms with Crippen LogP contribution in [0, 0.1) is 0 Å². The number of hydrogen-bond acceptors (Lipinski definition) is 4. The second kappa shape index (κ2) is 11.3. The highest BCUT2D eigenvalue weighted by molar-refractivity contribution is 6.30. The lowest BCUT2D eigenvalue weighted by Crippen LogP contribution is -2.64. The van der Waals surface area contributed by atoms with Gasteiger partial charge in [-0.15, -0.1) is 0 Å². The molecule has 2 rings (SSSR count). The maximum atomic E-state index is 13.7. The lowest BCUT2D eigenvalue weighted by Gasteiger charge is -2.34. The first kappa shape index (κ1) is 28.4. The Labute approximate surface area is 202 Å². The third-order valence-corrected chi connectivity index (χ3v) is 5.19.